The van der Waals surface area contributed by atoms with Gasteiger partial charge in [0.15, 0.2) is 0 Å². The van der Waals surface area contributed by atoms with Crippen molar-refractivity contribution in [2.24, 2.45) is 0 Å². The Labute approximate surface area is 114 Å². The molecule has 1 N–H and O–H groups in total. The molecule has 19 heavy (non-hydrogen) atoms. The number of aliphatic carboxylic acids is 1. The lowest BCUT2D eigenvalue weighted by molar-refractivity contribution is -0.140. The Bertz CT molecular complexity index is 273. The SMILES string of the molecule is CCCCCCCCOCCOC(=O)/C=C/C(=O)O. The van der Waals surface area contributed by atoms with Gasteiger partial charge in [0.1, 0.15) is 6.61 Å². The highest BCUT2D eigenvalue weighted by atomic mass is 16.6. The van der Waals surface area contributed by atoms with E-state index in [0.29, 0.717) is 13.2 Å². The zero-order chi connectivity index (χ0) is 14.3. The first kappa shape index (κ1) is 17.6. The topological polar surface area (TPSA) is 72.8 Å². The third-order valence-electron chi connectivity index (χ3n) is 2.48. The Balaban J connectivity index is 3.22. The summed E-state index contributed by atoms with van der Waals surface area (Å²) in [6.45, 7) is 3.37. The number of ether oxygens (including phenoxy) is 2. The lowest BCUT2D eigenvalue weighted by Gasteiger charge is -2.04. The largest absolute Gasteiger partial charge is 0.478 e. The van der Waals surface area contributed by atoms with Crippen molar-refractivity contribution in [2.45, 2.75) is 45.4 Å². The van der Waals surface area contributed by atoms with Crippen LogP contribution in [-0.4, -0.2) is 36.9 Å². The molecule has 0 radical (unpaired) electrons. The van der Waals surface area contributed by atoms with Crippen molar-refractivity contribution < 1.29 is 24.2 Å². The molecular weight excluding hydrogens is 248 g/mol. The van der Waals surface area contributed by atoms with Crippen LogP contribution in [-0.2, 0) is 19.1 Å². The number of carboxylic acid groups (broad SMARTS) is 1. The number of carbonyl (C=O) groups excluding carboxylic acids is 1. The molecule has 0 saturated heterocycles. The predicted molar refractivity (Wildman–Crippen MR) is 71.9 cm³/mol. The molecule has 0 rings (SSSR count). The van der Waals surface area contributed by atoms with E-state index in [1.165, 1.54) is 32.1 Å². The Hall–Kier alpha value is -1.36. The van der Waals surface area contributed by atoms with E-state index in [2.05, 4.69) is 6.92 Å². The second kappa shape index (κ2) is 13.1. The van der Waals surface area contributed by atoms with Gasteiger partial charge in [-0.15, -0.1) is 0 Å². The summed E-state index contributed by atoms with van der Waals surface area (Å²) in [5, 5.41) is 8.29. The van der Waals surface area contributed by atoms with Gasteiger partial charge in [-0.1, -0.05) is 39.0 Å². The normalized spacial score (nSPS) is 10.8. The number of carbonyl (C=O) groups is 2. The molecule has 0 saturated carbocycles. The molecule has 0 aromatic heterocycles. The monoisotopic (exact) mass is 272 g/mol. The molecule has 0 aromatic rings. The molecule has 0 aliphatic rings. The minimum Gasteiger partial charge on any atom is -0.478 e. The van der Waals surface area contributed by atoms with Gasteiger partial charge in [0, 0.05) is 18.8 Å². The molecule has 0 amide bonds. The molecule has 0 aliphatic carbocycles. The molecule has 0 aliphatic heterocycles. The average molecular weight is 272 g/mol. The maximum Gasteiger partial charge on any atom is 0.331 e. The summed E-state index contributed by atoms with van der Waals surface area (Å²) in [5.74, 6) is -1.83. The molecule has 0 atom stereocenters. The van der Waals surface area contributed by atoms with Gasteiger partial charge in [-0.05, 0) is 6.42 Å². The fraction of sp³-hybridized carbons (Fsp3) is 0.714. The summed E-state index contributed by atoms with van der Waals surface area (Å²) in [5.41, 5.74) is 0. The van der Waals surface area contributed by atoms with Crippen molar-refractivity contribution in [1.82, 2.24) is 0 Å². The van der Waals surface area contributed by atoms with Crippen LogP contribution in [0.1, 0.15) is 45.4 Å². The van der Waals surface area contributed by atoms with Gasteiger partial charge in [-0.2, -0.15) is 0 Å². The van der Waals surface area contributed by atoms with Crippen LogP contribution in [0.25, 0.3) is 0 Å². The van der Waals surface area contributed by atoms with Crippen molar-refractivity contribution in [1.29, 1.82) is 0 Å². The Morgan fingerprint density at radius 3 is 2.32 bits per heavy atom. The van der Waals surface area contributed by atoms with Crippen LogP contribution in [0.15, 0.2) is 12.2 Å². The van der Waals surface area contributed by atoms with E-state index in [1.54, 1.807) is 0 Å². The number of hydrogen-bond acceptors (Lipinski definition) is 4. The Kier molecular flexibility index (Phi) is 12.1. The lowest BCUT2D eigenvalue weighted by atomic mass is 10.1. The summed E-state index contributed by atoms with van der Waals surface area (Å²) in [7, 11) is 0. The Morgan fingerprint density at radius 2 is 1.63 bits per heavy atom. The zero-order valence-electron chi connectivity index (χ0n) is 11.6. The molecule has 0 bridgehead atoms. The van der Waals surface area contributed by atoms with Crippen molar-refractivity contribution in [2.75, 3.05) is 19.8 Å². The summed E-state index contributed by atoms with van der Waals surface area (Å²) in [6, 6.07) is 0. The molecule has 5 heteroatoms. The minimum absolute atomic E-state index is 0.151. The molecule has 0 spiro atoms. The first-order chi connectivity index (χ1) is 9.16. The van der Waals surface area contributed by atoms with E-state index >= 15 is 0 Å². The van der Waals surface area contributed by atoms with Crippen LogP contribution in [0.2, 0.25) is 0 Å². The maximum atomic E-state index is 11.0. The van der Waals surface area contributed by atoms with Crippen LogP contribution in [0.4, 0.5) is 0 Å². The average Bonchev–Trinajstić information content (AvgIpc) is 2.38. The van der Waals surface area contributed by atoms with Gasteiger partial charge in [0.2, 0.25) is 0 Å². The number of esters is 1. The van der Waals surface area contributed by atoms with Gasteiger partial charge < -0.3 is 14.6 Å². The van der Waals surface area contributed by atoms with Crippen LogP contribution in [0.5, 0.6) is 0 Å². The third-order valence-corrected chi connectivity index (χ3v) is 2.48. The lowest BCUT2D eigenvalue weighted by Crippen LogP contribution is -2.09. The quantitative estimate of drug-likeness (QED) is 0.336. The highest BCUT2D eigenvalue weighted by molar-refractivity contribution is 5.90. The summed E-state index contributed by atoms with van der Waals surface area (Å²) in [4.78, 5) is 21.1. The second-order valence-electron chi connectivity index (χ2n) is 4.22. The molecule has 0 fully saturated rings. The maximum absolute atomic E-state index is 11.0. The third kappa shape index (κ3) is 14.6. The molecule has 5 nitrogen and oxygen atoms in total. The summed E-state index contributed by atoms with van der Waals surface area (Å²) >= 11 is 0. The highest BCUT2D eigenvalue weighted by Gasteiger charge is 1.98. The van der Waals surface area contributed by atoms with Crippen LogP contribution < -0.4 is 0 Å². The van der Waals surface area contributed by atoms with E-state index in [9.17, 15) is 9.59 Å². The van der Waals surface area contributed by atoms with E-state index in [0.717, 1.165) is 18.6 Å². The predicted octanol–water partition coefficient (Wildman–Crippen LogP) is 2.55. The van der Waals surface area contributed by atoms with E-state index in [1.807, 2.05) is 0 Å². The van der Waals surface area contributed by atoms with Gasteiger partial charge >= 0.3 is 11.9 Å². The van der Waals surface area contributed by atoms with Gasteiger partial charge in [-0.3, -0.25) is 0 Å². The van der Waals surface area contributed by atoms with Crippen molar-refractivity contribution in [3.8, 4) is 0 Å². The van der Waals surface area contributed by atoms with Crippen molar-refractivity contribution >= 4 is 11.9 Å². The van der Waals surface area contributed by atoms with Gasteiger partial charge in [0.25, 0.3) is 0 Å². The zero-order valence-corrected chi connectivity index (χ0v) is 11.6. The molecular formula is C14H24O5. The van der Waals surface area contributed by atoms with Crippen molar-refractivity contribution in [3.63, 3.8) is 0 Å². The number of hydrogen-bond donors (Lipinski definition) is 1. The first-order valence-electron chi connectivity index (χ1n) is 6.82. The summed E-state index contributed by atoms with van der Waals surface area (Å²) < 4.78 is 10.0. The summed E-state index contributed by atoms with van der Waals surface area (Å²) in [6.07, 6.45) is 8.89. The number of carboxylic acids is 1. The van der Waals surface area contributed by atoms with E-state index in [4.69, 9.17) is 14.6 Å². The second-order valence-corrected chi connectivity index (χ2v) is 4.22. The molecule has 0 unspecified atom stereocenters. The van der Waals surface area contributed by atoms with E-state index < -0.39 is 11.9 Å². The molecule has 0 heterocycles. The van der Waals surface area contributed by atoms with Gasteiger partial charge in [-0.25, -0.2) is 9.59 Å². The fourth-order valence-electron chi connectivity index (χ4n) is 1.48. The van der Waals surface area contributed by atoms with E-state index in [-0.39, 0.29) is 6.61 Å². The standard InChI is InChI=1S/C14H24O5/c1-2-3-4-5-6-7-10-18-11-12-19-14(17)9-8-13(15)16/h8-9H,2-7,10-12H2,1H3,(H,15,16)/b9-8+. The minimum atomic E-state index is -1.17. The first-order valence-corrected chi connectivity index (χ1v) is 6.82. The van der Waals surface area contributed by atoms with Crippen LogP contribution >= 0.6 is 0 Å². The number of rotatable bonds is 12. The number of unbranched alkanes of at least 4 members (excludes halogenated alkanes) is 5. The molecule has 110 valence electrons. The fourth-order valence-corrected chi connectivity index (χ4v) is 1.48. The van der Waals surface area contributed by atoms with Gasteiger partial charge in [0.05, 0.1) is 6.61 Å². The smallest absolute Gasteiger partial charge is 0.331 e. The Morgan fingerprint density at radius 1 is 0.947 bits per heavy atom. The van der Waals surface area contributed by atoms with Crippen LogP contribution in [0.3, 0.4) is 0 Å². The van der Waals surface area contributed by atoms with Crippen molar-refractivity contribution in [3.05, 3.63) is 12.2 Å². The molecule has 0 aromatic carbocycles. The highest BCUT2D eigenvalue weighted by Crippen LogP contribution is 2.04. The van der Waals surface area contributed by atoms with Crippen LogP contribution in [0, 0.1) is 0 Å².